The third kappa shape index (κ3) is 2.09. The van der Waals surface area contributed by atoms with Gasteiger partial charge in [-0.1, -0.05) is 26.0 Å². The van der Waals surface area contributed by atoms with Gasteiger partial charge in [-0.2, -0.15) is 0 Å². The number of rotatable bonds is 3. The van der Waals surface area contributed by atoms with Crippen molar-refractivity contribution < 1.29 is 4.79 Å². The highest BCUT2D eigenvalue weighted by atomic mass is 16.1. The number of carbonyl (C=O) groups is 1. The molecule has 0 bridgehead atoms. The predicted octanol–water partition coefficient (Wildman–Crippen LogP) is 2.92. The van der Waals surface area contributed by atoms with Crippen LogP contribution in [0.5, 0.6) is 0 Å². The van der Waals surface area contributed by atoms with Crippen molar-refractivity contribution in [1.29, 1.82) is 0 Å². The molecular weight excluding hydrogens is 212 g/mol. The number of fused-ring (bicyclic) bond motifs is 1. The van der Waals surface area contributed by atoms with Crippen molar-refractivity contribution in [3.63, 3.8) is 0 Å². The number of aliphatic imine (C=N–C) groups is 1. The van der Waals surface area contributed by atoms with Gasteiger partial charge in [-0.05, 0) is 24.5 Å². The molecule has 3 nitrogen and oxygen atoms in total. The minimum absolute atomic E-state index is 0.415. The van der Waals surface area contributed by atoms with Gasteiger partial charge in [0.1, 0.15) is 5.71 Å². The molecular formula is C14H18N2O. The number of aldehydes is 1. The van der Waals surface area contributed by atoms with Crippen LogP contribution < -0.4 is 4.90 Å². The lowest BCUT2D eigenvalue weighted by Crippen LogP contribution is -2.33. The molecule has 1 aliphatic heterocycles. The Hall–Kier alpha value is -1.64. The van der Waals surface area contributed by atoms with E-state index < -0.39 is 0 Å². The predicted molar refractivity (Wildman–Crippen MR) is 71.6 cm³/mol. The topological polar surface area (TPSA) is 32.7 Å². The van der Waals surface area contributed by atoms with E-state index in [4.69, 9.17) is 0 Å². The molecule has 0 N–H and O–H groups in total. The standard InChI is InChI=1S/C14H18N2O/c1-4-16-8-11(9-17)15-14-12(10(2)3)6-5-7-13(14)16/h5-7,9-10H,4,8H2,1-3H3. The smallest absolute Gasteiger partial charge is 0.166 e. The molecule has 0 saturated heterocycles. The van der Waals surface area contributed by atoms with E-state index in [-0.39, 0.29) is 0 Å². The molecule has 90 valence electrons. The van der Waals surface area contributed by atoms with Crippen LogP contribution in [0.3, 0.4) is 0 Å². The zero-order valence-corrected chi connectivity index (χ0v) is 10.6. The maximum atomic E-state index is 11.0. The number of hydrogen-bond donors (Lipinski definition) is 0. The monoisotopic (exact) mass is 230 g/mol. The lowest BCUT2D eigenvalue weighted by Gasteiger charge is -2.29. The average molecular weight is 230 g/mol. The number of para-hydroxylation sites is 1. The molecule has 17 heavy (non-hydrogen) atoms. The van der Waals surface area contributed by atoms with Crippen LogP contribution >= 0.6 is 0 Å². The maximum Gasteiger partial charge on any atom is 0.166 e. The molecule has 0 fully saturated rings. The lowest BCUT2D eigenvalue weighted by atomic mass is 9.98. The van der Waals surface area contributed by atoms with Crippen molar-refractivity contribution in [2.24, 2.45) is 4.99 Å². The first-order chi connectivity index (χ1) is 8.17. The lowest BCUT2D eigenvalue weighted by molar-refractivity contribution is -0.102. The Morgan fingerprint density at radius 3 is 2.82 bits per heavy atom. The molecule has 3 heteroatoms. The van der Waals surface area contributed by atoms with Gasteiger partial charge in [0.15, 0.2) is 6.29 Å². The molecule has 0 unspecified atom stereocenters. The molecule has 0 atom stereocenters. The van der Waals surface area contributed by atoms with E-state index >= 15 is 0 Å². The Labute approximate surface area is 102 Å². The van der Waals surface area contributed by atoms with E-state index in [1.54, 1.807) is 0 Å². The Morgan fingerprint density at radius 2 is 2.24 bits per heavy atom. The number of carbonyl (C=O) groups excluding carboxylic acids is 1. The van der Waals surface area contributed by atoms with Crippen LogP contribution in [0.25, 0.3) is 0 Å². The highest BCUT2D eigenvalue weighted by Gasteiger charge is 2.20. The van der Waals surface area contributed by atoms with E-state index in [2.05, 4.69) is 48.9 Å². The van der Waals surface area contributed by atoms with Crippen LogP contribution in [-0.2, 0) is 4.79 Å². The zero-order chi connectivity index (χ0) is 12.4. The molecule has 1 aromatic rings. The minimum atomic E-state index is 0.415. The summed E-state index contributed by atoms with van der Waals surface area (Å²) in [6, 6.07) is 6.24. The molecule has 1 aliphatic rings. The second kappa shape index (κ2) is 4.70. The SMILES string of the molecule is CCN1CC(C=O)=Nc2c(C(C)C)cccc21. The van der Waals surface area contributed by atoms with Crippen molar-refractivity contribution in [1.82, 2.24) is 0 Å². The maximum absolute atomic E-state index is 11.0. The number of benzene rings is 1. The van der Waals surface area contributed by atoms with Crippen LogP contribution in [0.15, 0.2) is 23.2 Å². The molecule has 1 heterocycles. The Bertz CT molecular complexity index is 463. The molecule has 0 amide bonds. The first kappa shape index (κ1) is 11.8. The van der Waals surface area contributed by atoms with Gasteiger partial charge in [-0.3, -0.25) is 4.79 Å². The van der Waals surface area contributed by atoms with Crippen molar-refractivity contribution in [2.45, 2.75) is 26.7 Å². The van der Waals surface area contributed by atoms with Crippen LogP contribution in [0.1, 0.15) is 32.3 Å². The van der Waals surface area contributed by atoms with E-state index in [0.29, 0.717) is 18.2 Å². The quantitative estimate of drug-likeness (QED) is 0.748. The fourth-order valence-corrected chi connectivity index (χ4v) is 2.20. The van der Waals surface area contributed by atoms with Gasteiger partial charge in [0, 0.05) is 6.54 Å². The van der Waals surface area contributed by atoms with E-state index in [1.807, 2.05) is 0 Å². The Kier molecular flexibility index (Phi) is 3.27. The summed E-state index contributed by atoms with van der Waals surface area (Å²) in [5.74, 6) is 0.415. The highest BCUT2D eigenvalue weighted by Crippen LogP contribution is 2.38. The molecule has 0 radical (unpaired) electrons. The van der Waals surface area contributed by atoms with E-state index in [0.717, 1.165) is 24.2 Å². The van der Waals surface area contributed by atoms with Gasteiger partial charge in [0.25, 0.3) is 0 Å². The van der Waals surface area contributed by atoms with Gasteiger partial charge >= 0.3 is 0 Å². The first-order valence-corrected chi connectivity index (χ1v) is 6.08. The summed E-state index contributed by atoms with van der Waals surface area (Å²) >= 11 is 0. The molecule has 0 aliphatic carbocycles. The molecule has 0 saturated carbocycles. The van der Waals surface area contributed by atoms with Crippen molar-refractivity contribution in [2.75, 3.05) is 18.0 Å². The van der Waals surface area contributed by atoms with Crippen LogP contribution in [0.4, 0.5) is 11.4 Å². The summed E-state index contributed by atoms with van der Waals surface area (Å²) in [6.07, 6.45) is 0.864. The van der Waals surface area contributed by atoms with E-state index in [1.165, 1.54) is 5.56 Å². The third-order valence-corrected chi connectivity index (χ3v) is 3.13. The average Bonchev–Trinajstić information content (AvgIpc) is 2.36. The Balaban J connectivity index is 2.59. The molecule has 2 rings (SSSR count). The fraction of sp³-hybridized carbons (Fsp3) is 0.429. The van der Waals surface area contributed by atoms with E-state index in [9.17, 15) is 4.79 Å². The third-order valence-electron chi connectivity index (χ3n) is 3.13. The Morgan fingerprint density at radius 1 is 1.47 bits per heavy atom. The van der Waals surface area contributed by atoms with Crippen molar-refractivity contribution >= 4 is 23.4 Å². The first-order valence-electron chi connectivity index (χ1n) is 6.08. The number of hydrogen-bond acceptors (Lipinski definition) is 3. The van der Waals surface area contributed by atoms with Crippen LogP contribution in [0.2, 0.25) is 0 Å². The van der Waals surface area contributed by atoms with Crippen molar-refractivity contribution in [3.8, 4) is 0 Å². The second-order valence-corrected chi connectivity index (χ2v) is 4.60. The zero-order valence-electron chi connectivity index (χ0n) is 10.6. The number of anilines is 1. The van der Waals surface area contributed by atoms with Gasteiger partial charge in [0.05, 0.1) is 17.9 Å². The fourth-order valence-electron chi connectivity index (χ4n) is 2.20. The van der Waals surface area contributed by atoms with Gasteiger partial charge in [0.2, 0.25) is 0 Å². The highest BCUT2D eigenvalue weighted by molar-refractivity contribution is 6.31. The summed E-state index contributed by atoms with van der Waals surface area (Å²) in [7, 11) is 0. The minimum Gasteiger partial charge on any atom is -0.364 e. The normalized spacial score (nSPS) is 14.6. The molecule has 0 spiro atoms. The summed E-state index contributed by atoms with van der Waals surface area (Å²) in [4.78, 5) is 17.6. The second-order valence-electron chi connectivity index (χ2n) is 4.60. The van der Waals surface area contributed by atoms with Crippen LogP contribution in [0, 0.1) is 0 Å². The number of nitrogens with zero attached hydrogens (tertiary/aromatic N) is 2. The molecule has 1 aromatic carbocycles. The van der Waals surface area contributed by atoms with Gasteiger partial charge in [-0.25, -0.2) is 4.99 Å². The summed E-state index contributed by atoms with van der Waals surface area (Å²) in [5, 5.41) is 0. The van der Waals surface area contributed by atoms with Crippen molar-refractivity contribution in [3.05, 3.63) is 23.8 Å². The summed E-state index contributed by atoms with van der Waals surface area (Å²) < 4.78 is 0. The summed E-state index contributed by atoms with van der Waals surface area (Å²) in [5.41, 5.74) is 3.94. The van der Waals surface area contributed by atoms with Gasteiger partial charge in [-0.15, -0.1) is 0 Å². The van der Waals surface area contributed by atoms with Crippen LogP contribution in [-0.4, -0.2) is 25.1 Å². The molecule has 0 aromatic heterocycles. The largest absolute Gasteiger partial charge is 0.364 e. The summed E-state index contributed by atoms with van der Waals surface area (Å²) in [6.45, 7) is 7.91. The van der Waals surface area contributed by atoms with Gasteiger partial charge < -0.3 is 4.90 Å².